The van der Waals surface area contributed by atoms with E-state index in [4.69, 9.17) is 10.7 Å². The Morgan fingerprint density at radius 3 is 2.15 bits per heavy atom. The molecule has 7 rings (SSSR count). The first-order valence-electron chi connectivity index (χ1n) is 18.9. The third kappa shape index (κ3) is 8.90. The van der Waals surface area contributed by atoms with Crippen LogP contribution in [-0.2, 0) is 27.8 Å². The van der Waals surface area contributed by atoms with Gasteiger partial charge in [0.1, 0.15) is 6.04 Å². The Labute approximate surface area is 334 Å². The zero-order chi connectivity index (χ0) is 37.8. The number of rotatable bonds is 8. The number of guanidine groups is 1. The number of fused-ring (bicyclic) bond motifs is 1. The lowest BCUT2D eigenvalue weighted by Crippen LogP contribution is -2.54. The lowest BCUT2D eigenvalue weighted by molar-refractivity contribution is -0.134. The van der Waals surface area contributed by atoms with Gasteiger partial charge in [0.15, 0.2) is 0 Å². The van der Waals surface area contributed by atoms with Crippen molar-refractivity contribution in [1.29, 1.82) is 0 Å². The molecule has 0 radical (unpaired) electrons. The Morgan fingerprint density at radius 2 is 1.46 bits per heavy atom. The van der Waals surface area contributed by atoms with Gasteiger partial charge in [-0.15, -0.1) is 0 Å². The molecule has 3 amide bonds. The molecular weight excluding hydrogens is 836 g/mol. The van der Waals surface area contributed by atoms with Gasteiger partial charge in [0.25, 0.3) is 10.0 Å². The van der Waals surface area contributed by atoms with Crippen LogP contribution in [0.4, 0.5) is 16.2 Å². The van der Waals surface area contributed by atoms with Gasteiger partial charge in [-0.1, -0.05) is 42.8 Å². The largest absolute Gasteiger partial charge is 0.397 e. The molecule has 0 unspecified atom stereocenters. The van der Waals surface area contributed by atoms with Crippen LogP contribution in [0.2, 0.25) is 0 Å². The van der Waals surface area contributed by atoms with E-state index in [9.17, 15) is 18.0 Å². The highest BCUT2D eigenvalue weighted by Gasteiger charge is 2.36. The normalized spacial score (nSPS) is 20.0. The molecular formula is C39H48Br2N8O4S. The van der Waals surface area contributed by atoms with Crippen LogP contribution in [0.3, 0.4) is 0 Å². The second-order valence-electron chi connectivity index (χ2n) is 14.7. The number of urea groups is 1. The number of carbonyl (C=O) groups excluding carboxylic acids is 2. The van der Waals surface area contributed by atoms with Crippen molar-refractivity contribution in [2.75, 3.05) is 50.3 Å². The van der Waals surface area contributed by atoms with E-state index in [-0.39, 0.29) is 35.3 Å². The molecule has 54 heavy (non-hydrogen) atoms. The van der Waals surface area contributed by atoms with E-state index in [1.807, 2.05) is 51.1 Å². The van der Waals surface area contributed by atoms with Crippen LogP contribution >= 0.6 is 31.9 Å². The summed E-state index contributed by atoms with van der Waals surface area (Å²) in [5.74, 6) is -0.00742. The lowest BCUT2D eigenvalue weighted by Gasteiger charge is -2.42. The Morgan fingerprint density at radius 1 is 0.852 bits per heavy atom. The summed E-state index contributed by atoms with van der Waals surface area (Å²) in [7, 11) is -4.05. The van der Waals surface area contributed by atoms with Crippen LogP contribution in [0.15, 0.2) is 85.6 Å². The number of para-hydroxylation sites is 1. The van der Waals surface area contributed by atoms with E-state index in [2.05, 4.69) is 46.8 Å². The number of sulfonamides is 1. The summed E-state index contributed by atoms with van der Waals surface area (Å²) in [6, 6.07) is 19.1. The molecule has 4 heterocycles. The molecule has 12 nitrogen and oxygen atoms in total. The monoisotopic (exact) mass is 882 g/mol. The Hall–Kier alpha value is -3.66. The number of amides is 3. The second kappa shape index (κ2) is 17.0. The first kappa shape index (κ1) is 38.6. The highest BCUT2D eigenvalue weighted by molar-refractivity contribution is 9.11. The van der Waals surface area contributed by atoms with Crippen molar-refractivity contribution < 1.29 is 18.0 Å². The predicted molar refractivity (Wildman–Crippen MR) is 219 cm³/mol. The smallest absolute Gasteiger partial charge is 0.322 e. The van der Waals surface area contributed by atoms with Crippen LogP contribution in [0.25, 0.3) is 0 Å². The van der Waals surface area contributed by atoms with E-state index >= 15 is 0 Å². The van der Waals surface area contributed by atoms with E-state index in [1.54, 1.807) is 18.2 Å². The number of nitrogens with one attached hydrogen (secondary N) is 2. The summed E-state index contributed by atoms with van der Waals surface area (Å²) in [5, 5.41) is 3.01. The van der Waals surface area contributed by atoms with Crippen molar-refractivity contribution in [1.82, 2.24) is 24.3 Å². The maximum atomic E-state index is 14.6. The summed E-state index contributed by atoms with van der Waals surface area (Å²) in [6.45, 7) is 4.86. The lowest BCUT2D eigenvalue weighted by atomic mass is 9.98. The maximum absolute atomic E-state index is 14.6. The highest BCUT2D eigenvalue weighted by atomic mass is 79.9. The number of halogens is 2. The van der Waals surface area contributed by atoms with Crippen molar-refractivity contribution in [2.24, 2.45) is 4.99 Å². The van der Waals surface area contributed by atoms with Crippen LogP contribution in [0, 0.1) is 0 Å². The summed E-state index contributed by atoms with van der Waals surface area (Å²) in [4.78, 5) is 41.2. The zero-order valence-electron chi connectivity index (χ0n) is 30.3. The number of hydrogen-bond acceptors (Lipinski definition) is 7. The number of nitrogens with two attached hydrogens (primary N) is 1. The number of nitrogen functional groups attached to an aromatic ring is 1. The molecule has 0 aromatic heterocycles. The van der Waals surface area contributed by atoms with E-state index < -0.39 is 16.1 Å². The number of carbonyl (C=O) groups is 2. The van der Waals surface area contributed by atoms with Crippen LogP contribution in [0.1, 0.15) is 56.1 Å². The third-order valence-corrected chi connectivity index (χ3v) is 13.8. The SMILES string of the molecule is Nc1c(Br)cc(C[C@@H](N=C(NS(=O)(=O)c2ccccc2)N2CCC(N3Cc4ccccc4NC3=O)CC2)C(=O)N2CCC(N3CCCCC3)CC2)cc1Br. The van der Waals surface area contributed by atoms with Crippen molar-refractivity contribution in [2.45, 2.75) is 80.9 Å². The molecule has 4 aliphatic heterocycles. The van der Waals surface area contributed by atoms with Crippen LogP contribution < -0.4 is 15.8 Å². The van der Waals surface area contributed by atoms with Crippen molar-refractivity contribution >= 4 is 71.2 Å². The minimum Gasteiger partial charge on any atom is -0.397 e. The molecule has 3 fully saturated rings. The van der Waals surface area contributed by atoms with E-state index in [0.717, 1.165) is 42.7 Å². The summed E-state index contributed by atoms with van der Waals surface area (Å²) < 4.78 is 31.9. The molecule has 288 valence electrons. The molecule has 0 bridgehead atoms. The number of aliphatic imine (C=N–C) groups is 1. The first-order valence-corrected chi connectivity index (χ1v) is 21.9. The van der Waals surface area contributed by atoms with Gasteiger partial charge in [-0.3, -0.25) is 4.79 Å². The first-order chi connectivity index (χ1) is 26.1. The Kier molecular flexibility index (Phi) is 12.2. The van der Waals surface area contributed by atoms with Crippen molar-refractivity contribution in [3.8, 4) is 0 Å². The van der Waals surface area contributed by atoms with Gasteiger partial charge in [-0.25, -0.2) is 22.9 Å². The van der Waals surface area contributed by atoms with Gasteiger partial charge in [0.05, 0.1) is 10.6 Å². The highest BCUT2D eigenvalue weighted by Crippen LogP contribution is 2.32. The topological polar surface area (TPSA) is 144 Å². The molecule has 4 aliphatic rings. The molecule has 3 aromatic rings. The van der Waals surface area contributed by atoms with Crippen LogP contribution in [-0.4, -0.2) is 103 Å². The molecule has 0 spiro atoms. The van der Waals surface area contributed by atoms with Gasteiger partial charge < -0.3 is 30.7 Å². The summed E-state index contributed by atoms with van der Waals surface area (Å²) in [6.07, 6.45) is 6.96. The fourth-order valence-corrected chi connectivity index (χ4v) is 10.5. The third-order valence-electron chi connectivity index (χ3n) is 11.2. The summed E-state index contributed by atoms with van der Waals surface area (Å²) in [5.41, 5.74) is 9.48. The summed E-state index contributed by atoms with van der Waals surface area (Å²) >= 11 is 7.10. The molecule has 15 heteroatoms. The quantitative estimate of drug-likeness (QED) is 0.143. The van der Waals surface area contributed by atoms with Gasteiger partial charge >= 0.3 is 6.03 Å². The number of nitrogens with zero attached hydrogens (tertiary/aromatic N) is 5. The number of hydrogen-bond donors (Lipinski definition) is 3. The average Bonchev–Trinajstić information content (AvgIpc) is 3.19. The fraction of sp³-hybridized carbons (Fsp3) is 0.462. The number of anilines is 2. The molecule has 0 aliphatic carbocycles. The van der Waals surface area contributed by atoms with Gasteiger partial charge in [0.2, 0.25) is 11.9 Å². The van der Waals surface area contributed by atoms with Crippen molar-refractivity contribution in [3.63, 3.8) is 0 Å². The molecule has 4 N–H and O–H groups in total. The number of likely N-dealkylation sites (tertiary alicyclic amines) is 3. The minimum atomic E-state index is -4.05. The van der Waals surface area contributed by atoms with E-state index in [0.29, 0.717) is 66.2 Å². The average molecular weight is 885 g/mol. The molecule has 0 saturated carbocycles. The minimum absolute atomic E-state index is 0.0512. The van der Waals surface area contributed by atoms with Crippen LogP contribution in [0.5, 0.6) is 0 Å². The zero-order valence-corrected chi connectivity index (χ0v) is 34.3. The Bertz CT molecular complexity index is 1940. The van der Waals surface area contributed by atoms with E-state index in [1.165, 1.54) is 31.4 Å². The van der Waals surface area contributed by atoms with Crippen molar-refractivity contribution in [3.05, 3.63) is 86.8 Å². The predicted octanol–water partition coefficient (Wildman–Crippen LogP) is 6.03. The Balaban J connectivity index is 1.17. The van der Waals surface area contributed by atoms with Gasteiger partial charge in [-0.2, -0.15) is 0 Å². The number of benzene rings is 3. The van der Waals surface area contributed by atoms with Gasteiger partial charge in [0, 0.05) is 65.9 Å². The number of piperidine rings is 3. The van der Waals surface area contributed by atoms with Gasteiger partial charge in [-0.05, 0) is 125 Å². The fourth-order valence-electron chi connectivity index (χ4n) is 8.12. The second-order valence-corrected chi connectivity index (χ2v) is 18.0. The molecule has 3 aromatic carbocycles. The standard InChI is InChI=1S/C39H48Br2N8O4S/c40-32-23-27(24-33(41)36(32)42)25-35(37(50)47-19-13-29(14-20-47)46-17-7-2-8-18-46)43-38(45-54(52,53)31-10-3-1-4-11-31)48-21-15-30(16-22-48)49-26-28-9-5-6-12-34(28)44-39(49)51/h1,3-6,9-12,23-24,29-30,35H,2,7-8,13-22,25-26,42H2,(H,43,45)(H,44,51)/t35-/m1/s1. The molecule has 3 saturated heterocycles. The maximum Gasteiger partial charge on any atom is 0.322 e. The molecule has 1 atom stereocenters.